The lowest BCUT2D eigenvalue weighted by atomic mass is 9.84. The number of allylic oxidation sites excluding steroid dienone is 2. The first-order valence-electron chi connectivity index (χ1n) is 20.8. The molecule has 3 aromatic rings. The molecule has 2 N–H and O–H groups in total. The zero-order valence-corrected chi connectivity index (χ0v) is 36.8. The van der Waals surface area contributed by atoms with E-state index in [0.29, 0.717) is 43.5 Å². The standard InChI is InChI=1S/C47H61N7O6/c1-12-35(41(49-13-2)29(6)59-11)43-37-25-47(8,9)27-60-46(58)38-16-15-19-54(51-38)45(57)39(50-44(56)42(28(4)5)52(10)30(7)55)23-31-20-32(26-48)22-34(21-31)33-17-18-40(36(37)24-33)53(43)14-3/h12-13,17-18,20-22,24,28-29,38-39,42,51H,1,14-16,19,23,25,27H2,2-11H3,(H,50,56)/b41-35+,49-13-/t29-,38-,39-,42-/m0/s1. The number of aromatic nitrogens is 1. The molecule has 60 heavy (non-hydrogen) atoms. The van der Waals surface area contributed by atoms with Crippen molar-refractivity contribution < 1.29 is 28.7 Å². The first kappa shape index (κ1) is 45.5. The minimum atomic E-state index is -1.10. The van der Waals surface area contributed by atoms with E-state index in [2.05, 4.69) is 60.9 Å². The number of ether oxygens (including phenoxy) is 2. The van der Waals surface area contributed by atoms with Crippen LogP contribution in [0.15, 0.2) is 59.7 Å². The van der Waals surface area contributed by atoms with Gasteiger partial charge in [-0.05, 0) is 92.5 Å². The zero-order valence-electron chi connectivity index (χ0n) is 36.8. The Hall–Kier alpha value is -5.58. The summed E-state index contributed by atoms with van der Waals surface area (Å²) in [5.74, 6) is -1.95. The van der Waals surface area contributed by atoms with Gasteiger partial charge in [0.2, 0.25) is 11.8 Å². The summed E-state index contributed by atoms with van der Waals surface area (Å²) in [6, 6.07) is 11.3. The van der Waals surface area contributed by atoms with Crippen molar-refractivity contribution >= 4 is 46.4 Å². The number of aliphatic imine (C=N–C) groups is 1. The number of carbonyl (C=O) groups is 4. The molecule has 1 saturated heterocycles. The zero-order chi connectivity index (χ0) is 44.1. The molecule has 1 aromatic heterocycles. The summed E-state index contributed by atoms with van der Waals surface area (Å²) < 4.78 is 14.1. The van der Waals surface area contributed by atoms with Crippen LogP contribution in [0.4, 0.5) is 0 Å². The summed E-state index contributed by atoms with van der Waals surface area (Å²) in [7, 11) is 3.22. The highest BCUT2D eigenvalue weighted by Crippen LogP contribution is 2.40. The Morgan fingerprint density at radius 3 is 2.53 bits per heavy atom. The van der Waals surface area contributed by atoms with Gasteiger partial charge in [0.25, 0.3) is 5.91 Å². The first-order valence-corrected chi connectivity index (χ1v) is 20.8. The Bertz CT molecular complexity index is 2250. The summed E-state index contributed by atoms with van der Waals surface area (Å²) in [5, 5.41) is 15.6. The molecule has 0 unspecified atom stereocenters. The van der Waals surface area contributed by atoms with Crippen LogP contribution in [0.5, 0.6) is 0 Å². The number of hydrogen-bond donors (Lipinski definition) is 2. The molecule has 6 bridgehead atoms. The van der Waals surface area contributed by atoms with Crippen molar-refractivity contribution in [3.05, 3.63) is 77.1 Å². The third kappa shape index (κ3) is 9.72. The summed E-state index contributed by atoms with van der Waals surface area (Å²) >= 11 is 0. The maximum absolute atomic E-state index is 14.5. The fourth-order valence-corrected chi connectivity index (χ4v) is 8.44. The summed E-state index contributed by atoms with van der Waals surface area (Å²) in [5.41, 5.74) is 9.75. The smallest absolute Gasteiger partial charge is 0.324 e. The molecule has 3 amide bonds. The molecular weight excluding hydrogens is 759 g/mol. The van der Waals surface area contributed by atoms with Crippen LogP contribution in [0, 0.1) is 22.7 Å². The number of hydrazine groups is 1. The Balaban J connectivity index is 1.77. The third-order valence-corrected chi connectivity index (χ3v) is 11.5. The van der Waals surface area contributed by atoms with Crippen LogP contribution < -0.4 is 10.7 Å². The SMILES string of the molecule is C=C/C(=C(\N=C/C)[C@H](C)OC)c1c2c3cc(ccc3n1CC)-c1cc(C#N)cc(c1)C[C@H](NC(=O)[C@H](C(C)C)N(C)C(C)=O)C(=O)N1CCC[C@H](N1)C(=O)OCC(C)(C)C2. The van der Waals surface area contributed by atoms with Crippen LogP contribution in [-0.4, -0.2) is 95.9 Å². The molecule has 4 atom stereocenters. The molecule has 1 fully saturated rings. The van der Waals surface area contributed by atoms with Crippen LogP contribution in [0.25, 0.3) is 27.6 Å². The highest BCUT2D eigenvalue weighted by atomic mass is 16.5. The molecule has 2 aliphatic rings. The van der Waals surface area contributed by atoms with Crippen molar-refractivity contribution in [1.29, 1.82) is 5.26 Å². The van der Waals surface area contributed by atoms with Crippen molar-refractivity contribution in [2.75, 3.05) is 27.3 Å². The maximum Gasteiger partial charge on any atom is 0.324 e. The van der Waals surface area contributed by atoms with E-state index in [4.69, 9.17) is 14.5 Å². The molecule has 0 aliphatic carbocycles. The number of amides is 3. The molecule has 3 heterocycles. The predicted octanol–water partition coefficient (Wildman–Crippen LogP) is 6.37. The Morgan fingerprint density at radius 2 is 1.92 bits per heavy atom. The molecular formula is C47H61N7O6. The second-order valence-electron chi connectivity index (χ2n) is 16.9. The summed E-state index contributed by atoms with van der Waals surface area (Å²) in [4.78, 5) is 60.9. The number of rotatable bonds is 10. The number of aryl methyl sites for hydroxylation is 1. The quantitative estimate of drug-likeness (QED) is 0.136. The van der Waals surface area contributed by atoms with Gasteiger partial charge in [0.15, 0.2) is 0 Å². The number of hydrogen-bond acceptors (Lipinski definition) is 9. The number of nitrogens with one attached hydrogen (secondary N) is 2. The van der Waals surface area contributed by atoms with E-state index < -0.39 is 41.3 Å². The van der Waals surface area contributed by atoms with Crippen LogP contribution in [0.3, 0.4) is 0 Å². The fourth-order valence-electron chi connectivity index (χ4n) is 8.44. The minimum Gasteiger partial charge on any atom is -0.464 e. The second kappa shape index (κ2) is 19.2. The van der Waals surface area contributed by atoms with Crippen molar-refractivity contribution in [2.24, 2.45) is 16.3 Å². The van der Waals surface area contributed by atoms with Gasteiger partial charge in [-0.2, -0.15) is 5.26 Å². The van der Waals surface area contributed by atoms with E-state index in [1.54, 1.807) is 26.4 Å². The fraction of sp³-hybridized carbons (Fsp3) is 0.489. The van der Waals surface area contributed by atoms with Gasteiger partial charge in [0.05, 0.1) is 35.7 Å². The average molecular weight is 820 g/mol. The Labute approximate surface area is 354 Å². The second-order valence-corrected chi connectivity index (χ2v) is 16.9. The highest BCUT2D eigenvalue weighted by Gasteiger charge is 2.37. The van der Waals surface area contributed by atoms with Gasteiger partial charge in [-0.15, -0.1) is 0 Å². The number of methoxy groups -OCH3 is 1. The molecule has 2 aliphatic heterocycles. The van der Waals surface area contributed by atoms with Crippen LogP contribution >= 0.6 is 0 Å². The van der Waals surface area contributed by atoms with Crippen molar-refractivity contribution in [1.82, 2.24) is 25.2 Å². The van der Waals surface area contributed by atoms with E-state index >= 15 is 0 Å². The van der Waals surface area contributed by atoms with E-state index in [-0.39, 0.29) is 31.0 Å². The van der Waals surface area contributed by atoms with Gasteiger partial charge in [-0.3, -0.25) is 29.2 Å². The van der Waals surface area contributed by atoms with Crippen LogP contribution in [0.2, 0.25) is 0 Å². The number of cyclic esters (lactones) is 1. The molecule has 2 aromatic carbocycles. The van der Waals surface area contributed by atoms with Gasteiger partial charge in [-0.1, -0.05) is 52.5 Å². The monoisotopic (exact) mass is 819 g/mol. The van der Waals surface area contributed by atoms with Crippen molar-refractivity contribution in [2.45, 2.75) is 112 Å². The maximum atomic E-state index is 14.5. The average Bonchev–Trinajstić information content (AvgIpc) is 3.52. The Morgan fingerprint density at radius 1 is 1.18 bits per heavy atom. The largest absolute Gasteiger partial charge is 0.464 e. The number of fused-ring (bicyclic) bond motifs is 6. The van der Waals surface area contributed by atoms with Gasteiger partial charge >= 0.3 is 5.97 Å². The molecule has 13 nitrogen and oxygen atoms in total. The molecule has 320 valence electrons. The van der Waals surface area contributed by atoms with E-state index in [1.165, 1.54) is 16.8 Å². The lowest BCUT2D eigenvalue weighted by Crippen LogP contribution is -2.62. The third-order valence-electron chi connectivity index (χ3n) is 11.5. The topological polar surface area (TPSA) is 158 Å². The van der Waals surface area contributed by atoms with Crippen LogP contribution in [-0.2, 0) is 48.0 Å². The van der Waals surface area contributed by atoms with E-state index in [1.807, 2.05) is 52.0 Å². The van der Waals surface area contributed by atoms with Crippen molar-refractivity contribution in [3.8, 4) is 17.2 Å². The van der Waals surface area contributed by atoms with Crippen LogP contribution in [0.1, 0.15) is 90.6 Å². The normalized spacial score (nSPS) is 19.9. The summed E-state index contributed by atoms with van der Waals surface area (Å²) in [6.07, 6.45) is 4.78. The molecule has 0 spiro atoms. The number of likely N-dealkylation sites (N-methyl/N-ethyl adjacent to an activating group) is 1. The predicted molar refractivity (Wildman–Crippen MR) is 235 cm³/mol. The molecule has 5 rings (SSSR count). The molecule has 13 heteroatoms. The molecule has 0 radical (unpaired) electrons. The van der Waals surface area contributed by atoms with Gasteiger partial charge in [0.1, 0.15) is 18.1 Å². The summed E-state index contributed by atoms with van der Waals surface area (Å²) in [6.45, 7) is 20.4. The number of benzene rings is 2. The lowest BCUT2D eigenvalue weighted by molar-refractivity contribution is -0.155. The number of esters is 1. The van der Waals surface area contributed by atoms with Gasteiger partial charge in [-0.25, -0.2) is 5.43 Å². The Kier molecular flexibility index (Phi) is 14.6. The van der Waals surface area contributed by atoms with Gasteiger partial charge < -0.3 is 24.3 Å². The van der Waals surface area contributed by atoms with Crippen molar-refractivity contribution in [3.63, 3.8) is 0 Å². The number of nitrogens with zero attached hydrogens (tertiary/aromatic N) is 5. The lowest BCUT2D eigenvalue weighted by Gasteiger charge is -2.36. The minimum absolute atomic E-state index is 0.0406. The van der Waals surface area contributed by atoms with Gasteiger partial charge in [0, 0.05) is 68.7 Å². The first-order chi connectivity index (χ1) is 28.5. The van der Waals surface area contributed by atoms with E-state index in [0.717, 1.165) is 44.6 Å². The number of nitriles is 1. The number of carbonyl (C=O) groups excluding carboxylic acids is 4. The highest BCUT2D eigenvalue weighted by molar-refractivity contribution is 5.96. The molecule has 0 saturated carbocycles. The van der Waals surface area contributed by atoms with E-state index in [9.17, 15) is 24.4 Å².